The SMILES string of the molecule is COc1cccc(N(C)C(=O)[C@@H]2CC[C@@H]3CCN(C(C)=O)C[C@H](NC(=O)c4cc5cc(C(F)(F)P(=O)(O)O)ccc5[nH]4)C(=O)N32)c1. The molecule has 3 atom stereocenters. The van der Waals surface area contributed by atoms with Crippen LogP contribution in [0.3, 0.4) is 0 Å². The number of anilines is 1. The third kappa shape index (κ3) is 6.22. The Bertz CT molecular complexity index is 1740. The number of aromatic amines is 1. The van der Waals surface area contributed by atoms with Gasteiger partial charge < -0.3 is 39.5 Å². The molecule has 0 aliphatic carbocycles. The fourth-order valence-electron chi connectivity index (χ4n) is 6.03. The number of carbonyl (C=O) groups excluding carboxylic acids is 4. The number of halogens is 2. The van der Waals surface area contributed by atoms with Gasteiger partial charge in [0.1, 0.15) is 23.5 Å². The van der Waals surface area contributed by atoms with E-state index < -0.39 is 42.7 Å². The Morgan fingerprint density at radius 1 is 1.11 bits per heavy atom. The molecule has 0 unspecified atom stereocenters. The smallest absolute Gasteiger partial charge is 0.399 e. The molecule has 4 amide bonds. The summed E-state index contributed by atoms with van der Waals surface area (Å²) in [4.78, 5) is 79.1. The van der Waals surface area contributed by atoms with Crippen LogP contribution in [0.15, 0.2) is 48.5 Å². The number of fused-ring (bicyclic) bond motifs is 2. The van der Waals surface area contributed by atoms with Gasteiger partial charge in [-0.05, 0) is 49.6 Å². The van der Waals surface area contributed by atoms with E-state index >= 15 is 0 Å². The number of aromatic nitrogens is 1. The van der Waals surface area contributed by atoms with Gasteiger partial charge in [-0.3, -0.25) is 23.7 Å². The molecule has 3 aromatic rings. The first-order valence-electron chi connectivity index (χ1n) is 14.5. The van der Waals surface area contributed by atoms with Crippen molar-refractivity contribution in [3.8, 4) is 5.75 Å². The van der Waals surface area contributed by atoms with E-state index in [9.17, 15) is 32.5 Å². The molecule has 4 N–H and O–H groups in total. The predicted molar refractivity (Wildman–Crippen MR) is 162 cm³/mol. The summed E-state index contributed by atoms with van der Waals surface area (Å²) >= 11 is 0. The van der Waals surface area contributed by atoms with Crippen molar-refractivity contribution in [3.05, 3.63) is 59.8 Å². The van der Waals surface area contributed by atoms with Gasteiger partial charge in [0.15, 0.2) is 0 Å². The minimum absolute atomic E-state index is 0.0796. The number of nitrogens with zero attached hydrogens (tertiary/aromatic N) is 3. The number of methoxy groups -OCH3 is 1. The van der Waals surface area contributed by atoms with Gasteiger partial charge in [-0.1, -0.05) is 12.1 Å². The first-order chi connectivity index (χ1) is 21.6. The van der Waals surface area contributed by atoms with E-state index in [0.29, 0.717) is 37.2 Å². The van der Waals surface area contributed by atoms with E-state index in [0.717, 1.165) is 18.2 Å². The third-order valence-electron chi connectivity index (χ3n) is 8.58. The van der Waals surface area contributed by atoms with Crippen LogP contribution >= 0.6 is 7.60 Å². The number of H-pyrrole nitrogens is 1. The Balaban J connectivity index is 1.41. The molecule has 0 bridgehead atoms. The Morgan fingerprint density at radius 3 is 2.52 bits per heavy atom. The molecule has 2 aliphatic rings. The average molecular weight is 662 g/mol. The Labute approximate surface area is 262 Å². The van der Waals surface area contributed by atoms with E-state index in [2.05, 4.69) is 10.3 Å². The van der Waals surface area contributed by atoms with Gasteiger partial charge in [-0.2, -0.15) is 8.78 Å². The van der Waals surface area contributed by atoms with Crippen LogP contribution in [-0.4, -0.2) is 93.6 Å². The third-order valence-corrected chi connectivity index (χ3v) is 9.57. The van der Waals surface area contributed by atoms with Crippen molar-refractivity contribution in [2.45, 2.75) is 50.0 Å². The molecule has 5 rings (SSSR count). The zero-order valence-corrected chi connectivity index (χ0v) is 26.2. The summed E-state index contributed by atoms with van der Waals surface area (Å²) in [7, 11) is -2.70. The van der Waals surface area contributed by atoms with Crippen LogP contribution in [0, 0.1) is 0 Å². The highest BCUT2D eigenvalue weighted by atomic mass is 31.2. The number of alkyl halides is 2. The molecule has 2 aliphatic heterocycles. The predicted octanol–water partition coefficient (Wildman–Crippen LogP) is 2.78. The normalized spacial score (nSPS) is 20.6. The number of amides is 4. The highest BCUT2D eigenvalue weighted by molar-refractivity contribution is 7.52. The van der Waals surface area contributed by atoms with Crippen LogP contribution in [0.25, 0.3) is 10.9 Å². The monoisotopic (exact) mass is 661 g/mol. The average Bonchev–Trinajstić information content (AvgIpc) is 3.64. The fraction of sp³-hybridized carbons (Fsp3) is 0.400. The Hall–Kier alpha value is -4.33. The molecule has 0 saturated carbocycles. The zero-order valence-electron chi connectivity index (χ0n) is 25.3. The van der Waals surface area contributed by atoms with Crippen molar-refractivity contribution in [3.63, 3.8) is 0 Å². The maximum absolute atomic E-state index is 14.3. The van der Waals surface area contributed by atoms with Crippen molar-refractivity contribution in [1.82, 2.24) is 20.1 Å². The largest absolute Gasteiger partial charge is 0.497 e. The van der Waals surface area contributed by atoms with Crippen LogP contribution in [0.1, 0.15) is 42.2 Å². The number of hydrogen-bond donors (Lipinski definition) is 4. The minimum Gasteiger partial charge on any atom is -0.497 e. The summed E-state index contributed by atoms with van der Waals surface area (Å²) in [6, 6.07) is 8.59. The van der Waals surface area contributed by atoms with Crippen molar-refractivity contribution in [1.29, 1.82) is 0 Å². The van der Waals surface area contributed by atoms with Crippen LogP contribution in [-0.2, 0) is 24.6 Å². The minimum atomic E-state index is -5.81. The highest BCUT2D eigenvalue weighted by Crippen LogP contribution is 2.59. The lowest BCUT2D eigenvalue weighted by Crippen LogP contribution is -2.61. The van der Waals surface area contributed by atoms with Crippen LogP contribution < -0.4 is 15.0 Å². The molecule has 246 valence electrons. The fourth-order valence-corrected chi connectivity index (χ4v) is 6.50. The molecule has 2 fully saturated rings. The lowest BCUT2D eigenvalue weighted by atomic mass is 10.1. The lowest BCUT2D eigenvalue weighted by Gasteiger charge is -2.39. The second-order valence-corrected chi connectivity index (χ2v) is 13.1. The molecule has 2 aromatic carbocycles. The summed E-state index contributed by atoms with van der Waals surface area (Å²) in [6.07, 6.45) is 1.35. The molecule has 1 aromatic heterocycles. The van der Waals surface area contributed by atoms with Gasteiger partial charge in [0.25, 0.3) is 5.91 Å². The summed E-state index contributed by atoms with van der Waals surface area (Å²) < 4.78 is 45.2. The van der Waals surface area contributed by atoms with Crippen molar-refractivity contribution in [2.24, 2.45) is 0 Å². The Kier molecular flexibility index (Phi) is 8.95. The molecular weight excluding hydrogens is 627 g/mol. The number of likely N-dealkylation sites (N-methyl/N-ethyl adjacent to an activating group) is 1. The molecule has 3 heterocycles. The first kappa shape index (κ1) is 33.0. The molecule has 13 nitrogen and oxygen atoms in total. The number of hydrogen-bond acceptors (Lipinski definition) is 6. The maximum atomic E-state index is 14.3. The van der Waals surface area contributed by atoms with Crippen LogP contribution in [0.4, 0.5) is 14.5 Å². The highest BCUT2D eigenvalue weighted by Gasteiger charge is 2.50. The lowest BCUT2D eigenvalue weighted by molar-refractivity contribution is -0.144. The van der Waals surface area contributed by atoms with E-state index in [1.165, 1.54) is 34.8 Å². The van der Waals surface area contributed by atoms with E-state index in [1.807, 2.05) is 0 Å². The van der Waals surface area contributed by atoms with Gasteiger partial charge in [0.05, 0.1) is 7.11 Å². The second kappa shape index (κ2) is 12.5. The van der Waals surface area contributed by atoms with Crippen molar-refractivity contribution in [2.75, 3.05) is 32.1 Å². The van der Waals surface area contributed by atoms with E-state index in [1.54, 1.807) is 31.3 Å². The number of benzene rings is 2. The van der Waals surface area contributed by atoms with Crippen LogP contribution in [0.5, 0.6) is 5.75 Å². The van der Waals surface area contributed by atoms with Gasteiger partial charge >= 0.3 is 13.3 Å². The number of nitrogens with one attached hydrogen (secondary N) is 2. The quantitative estimate of drug-likeness (QED) is 0.280. The zero-order chi connectivity index (χ0) is 33.6. The molecule has 46 heavy (non-hydrogen) atoms. The van der Waals surface area contributed by atoms with E-state index in [4.69, 9.17) is 14.5 Å². The molecule has 16 heteroatoms. The van der Waals surface area contributed by atoms with Gasteiger partial charge in [-0.25, -0.2) is 0 Å². The standard InChI is InChI=1S/C30H34F2N5O8P/c1-17(38)36-12-11-20-8-10-26(29(41)35(2)21-5-4-6-22(15-21)45-3)37(20)28(40)25(16-36)34-27(39)24-14-18-13-19(7-9-23(18)33-24)30(31,32)46(42,43)44/h4-7,9,13-15,20,25-26,33H,8,10-12,16H2,1-3H3,(H,34,39)(H2,42,43,44)/t20-,25+,26+/m1/s1. The maximum Gasteiger partial charge on any atom is 0.399 e. The molecule has 0 radical (unpaired) electrons. The summed E-state index contributed by atoms with van der Waals surface area (Å²) in [5, 5.41) is 2.73. The Morgan fingerprint density at radius 2 is 1.85 bits per heavy atom. The van der Waals surface area contributed by atoms with Gasteiger partial charge in [-0.15, -0.1) is 0 Å². The van der Waals surface area contributed by atoms with Crippen molar-refractivity contribution < 1.29 is 47.0 Å². The van der Waals surface area contributed by atoms with Crippen molar-refractivity contribution >= 4 is 47.8 Å². The summed E-state index contributed by atoms with van der Waals surface area (Å²) in [5.74, 6) is -1.39. The topological polar surface area (TPSA) is 173 Å². The second-order valence-electron chi connectivity index (χ2n) is 11.4. The molecule has 0 spiro atoms. The molecule has 2 saturated heterocycles. The molecular formula is C30H34F2N5O8P. The summed E-state index contributed by atoms with van der Waals surface area (Å²) in [6.45, 7) is 1.50. The number of ether oxygens (including phenoxy) is 1. The van der Waals surface area contributed by atoms with Gasteiger partial charge in [0.2, 0.25) is 17.7 Å². The van der Waals surface area contributed by atoms with Crippen LogP contribution in [0.2, 0.25) is 0 Å². The number of rotatable bonds is 7. The summed E-state index contributed by atoms with van der Waals surface area (Å²) in [5.41, 5.74) is -4.68. The van der Waals surface area contributed by atoms with E-state index in [-0.39, 0.29) is 41.0 Å². The number of carbonyl (C=O) groups is 4. The van der Waals surface area contributed by atoms with Gasteiger partial charge in [0, 0.05) is 61.3 Å². The first-order valence-corrected chi connectivity index (χ1v) is 16.1.